The van der Waals surface area contributed by atoms with Gasteiger partial charge in [-0.3, -0.25) is 9.69 Å². The molecular weight excluding hydrogens is 588 g/mol. The van der Waals surface area contributed by atoms with E-state index in [4.69, 9.17) is 14.2 Å². The summed E-state index contributed by atoms with van der Waals surface area (Å²) in [6.45, 7) is 5.66. The average Bonchev–Trinajstić information content (AvgIpc) is 3.19. The number of benzene rings is 3. The van der Waals surface area contributed by atoms with Gasteiger partial charge in [-0.05, 0) is 105 Å². The van der Waals surface area contributed by atoms with Crippen molar-refractivity contribution < 1.29 is 27.4 Å². The molecule has 1 fully saturated rings. The largest absolute Gasteiger partial charge is 0.494 e. The highest BCUT2D eigenvalue weighted by Crippen LogP contribution is 2.30. The van der Waals surface area contributed by atoms with Crippen molar-refractivity contribution in [1.29, 1.82) is 0 Å². The first kappa shape index (κ1) is 32.7. The number of nitrogens with one attached hydrogen (secondary N) is 1. The highest BCUT2D eigenvalue weighted by Gasteiger charge is 2.25. The van der Waals surface area contributed by atoms with Crippen molar-refractivity contribution in [3.8, 4) is 11.5 Å². The van der Waals surface area contributed by atoms with Crippen LogP contribution in [0.25, 0.3) is 6.08 Å². The second kappa shape index (κ2) is 15.6. The van der Waals surface area contributed by atoms with Gasteiger partial charge < -0.3 is 19.5 Å². The predicted molar refractivity (Wildman–Crippen MR) is 178 cm³/mol. The molecule has 45 heavy (non-hydrogen) atoms. The average molecular weight is 633 g/mol. The van der Waals surface area contributed by atoms with Crippen LogP contribution in [0.2, 0.25) is 0 Å². The molecule has 0 atom stereocenters. The maximum Gasteiger partial charge on any atom is 0.251 e. The van der Waals surface area contributed by atoms with Crippen LogP contribution < -0.4 is 14.8 Å². The van der Waals surface area contributed by atoms with E-state index in [1.807, 2.05) is 42.5 Å². The lowest BCUT2D eigenvalue weighted by atomic mass is 10.1. The maximum atomic E-state index is 13.3. The number of rotatable bonds is 13. The van der Waals surface area contributed by atoms with Crippen molar-refractivity contribution >= 4 is 27.5 Å². The second-order valence-electron chi connectivity index (χ2n) is 11.8. The number of sulfone groups is 1. The summed E-state index contributed by atoms with van der Waals surface area (Å²) in [5.74, 6) is 1.04. The fourth-order valence-electron chi connectivity index (χ4n) is 5.77. The molecule has 2 aliphatic rings. The lowest BCUT2D eigenvalue weighted by Gasteiger charge is -2.31. The van der Waals surface area contributed by atoms with Crippen LogP contribution in [0.1, 0.15) is 55.7 Å². The molecule has 0 unspecified atom stereocenters. The Balaban J connectivity index is 1.20. The molecule has 0 spiro atoms. The Morgan fingerprint density at radius 2 is 1.78 bits per heavy atom. The fourth-order valence-corrected chi connectivity index (χ4v) is 7.23. The number of anilines is 1. The molecular formula is C36H44N2O6S. The molecule has 1 amide bonds. The normalized spacial score (nSPS) is 16.4. The highest BCUT2D eigenvalue weighted by atomic mass is 32.2. The quantitative estimate of drug-likeness (QED) is 0.221. The van der Waals surface area contributed by atoms with Gasteiger partial charge >= 0.3 is 0 Å². The number of para-hydroxylation sites is 1. The molecule has 3 aromatic rings. The molecule has 5 rings (SSSR count). The van der Waals surface area contributed by atoms with Crippen molar-refractivity contribution in [3.63, 3.8) is 0 Å². The van der Waals surface area contributed by atoms with E-state index in [-0.39, 0.29) is 23.0 Å². The van der Waals surface area contributed by atoms with Gasteiger partial charge in [0, 0.05) is 37.1 Å². The number of amides is 1. The summed E-state index contributed by atoms with van der Waals surface area (Å²) in [7, 11) is -1.41. The molecule has 8 nitrogen and oxygen atoms in total. The molecule has 0 aromatic heterocycles. The molecule has 0 aliphatic carbocycles. The third-order valence-electron chi connectivity index (χ3n) is 8.33. The van der Waals surface area contributed by atoms with Gasteiger partial charge in [0.25, 0.3) is 5.91 Å². The van der Waals surface area contributed by atoms with E-state index in [0.29, 0.717) is 41.8 Å². The van der Waals surface area contributed by atoms with Crippen molar-refractivity contribution in [1.82, 2.24) is 4.90 Å². The third kappa shape index (κ3) is 8.96. The molecule has 1 N–H and O–H groups in total. The van der Waals surface area contributed by atoms with Crippen LogP contribution >= 0.6 is 0 Å². The van der Waals surface area contributed by atoms with Gasteiger partial charge in [-0.25, -0.2) is 8.42 Å². The SMILES string of the molecule is CCCOc1ccccc1CCCOc1ccc2c(c1)C=C(C(=O)Nc1ccc(CN(C)C3CCOCC3)cc1)CCS2(=O)=O. The van der Waals surface area contributed by atoms with E-state index in [1.54, 1.807) is 24.3 Å². The molecule has 240 valence electrons. The molecule has 0 bridgehead atoms. The van der Waals surface area contributed by atoms with E-state index in [2.05, 4.69) is 30.3 Å². The van der Waals surface area contributed by atoms with Crippen molar-refractivity contribution in [2.75, 3.05) is 44.5 Å². The van der Waals surface area contributed by atoms with Crippen LogP contribution in [0.3, 0.4) is 0 Å². The number of nitrogens with zero attached hydrogens (tertiary/aromatic N) is 1. The monoisotopic (exact) mass is 632 g/mol. The minimum atomic E-state index is -3.55. The maximum absolute atomic E-state index is 13.3. The van der Waals surface area contributed by atoms with E-state index in [0.717, 1.165) is 68.7 Å². The summed E-state index contributed by atoms with van der Waals surface area (Å²) >= 11 is 0. The summed E-state index contributed by atoms with van der Waals surface area (Å²) in [5, 5.41) is 2.96. The van der Waals surface area contributed by atoms with E-state index >= 15 is 0 Å². The molecule has 1 saturated heterocycles. The van der Waals surface area contributed by atoms with Gasteiger partial charge in [0.15, 0.2) is 9.84 Å². The van der Waals surface area contributed by atoms with Gasteiger partial charge in [0.2, 0.25) is 0 Å². The predicted octanol–water partition coefficient (Wildman–Crippen LogP) is 6.30. The molecule has 0 radical (unpaired) electrons. The van der Waals surface area contributed by atoms with Gasteiger partial charge in [-0.2, -0.15) is 0 Å². The van der Waals surface area contributed by atoms with Crippen molar-refractivity contribution in [3.05, 3.63) is 89.0 Å². The van der Waals surface area contributed by atoms with Gasteiger partial charge in [0.1, 0.15) is 11.5 Å². The van der Waals surface area contributed by atoms with Gasteiger partial charge in [0.05, 0.1) is 23.9 Å². The van der Waals surface area contributed by atoms with Crippen molar-refractivity contribution in [2.24, 2.45) is 0 Å². The Hall–Kier alpha value is -3.66. The smallest absolute Gasteiger partial charge is 0.251 e. The number of carbonyl (C=O) groups excluding carboxylic acids is 1. The minimum absolute atomic E-state index is 0.129. The van der Waals surface area contributed by atoms with Crippen LogP contribution in [-0.4, -0.2) is 64.5 Å². The summed E-state index contributed by atoms with van der Waals surface area (Å²) in [5.41, 5.74) is 3.86. The number of hydrogen-bond donors (Lipinski definition) is 1. The summed E-state index contributed by atoms with van der Waals surface area (Å²) in [4.78, 5) is 15.9. The Morgan fingerprint density at radius 1 is 1.00 bits per heavy atom. The zero-order valence-corrected chi connectivity index (χ0v) is 27.1. The third-order valence-corrected chi connectivity index (χ3v) is 10.1. The van der Waals surface area contributed by atoms with Crippen LogP contribution in [0.4, 0.5) is 5.69 Å². The molecule has 3 aromatic carbocycles. The Labute approximate surface area is 267 Å². The van der Waals surface area contributed by atoms with E-state index in [9.17, 15) is 13.2 Å². The summed E-state index contributed by atoms with van der Waals surface area (Å²) in [6, 6.07) is 21.4. The van der Waals surface area contributed by atoms with Crippen LogP contribution in [0.15, 0.2) is 77.2 Å². The molecule has 0 saturated carbocycles. The molecule has 2 aliphatic heterocycles. The molecule has 2 heterocycles. The highest BCUT2D eigenvalue weighted by molar-refractivity contribution is 7.91. The Bertz CT molecular complexity index is 1580. The first-order valence-electron chi connectivity index (χ1n) is 15.9. The van der Waals surface area contributed by atoms with E-state index in [1.165, 1.54) is 0 Å². The number of fused-ring (bicyclic) bond motifs is 1. The van der Waals surface area contributed by atoms with Gasteiger partial charge in [-0.15, -0.1) is 0 Å². The number of hydrogen-bond acceptors (Lipinski definition) is 7. The zero-order chi connectivity index (χ0) is 31.6. The summed E-state index contributed by atoms with van der Waals surface area (Å²) < 4.78 is 43.5. The standard InChI is InChI=1S/C36H44N2O6S/c1-3-19-44-34-9-5-4-7-28(34)8-6-20-43-33-14-15-35-30(25-33)24-29(18-23-45(35,40)41)36(39)37-31-12-10-27(11-13-31)26-38(2)32-16-21-42-22-17-32/h4-5,7,9-15,24-25,32H,3,6,8,16-23,26H2,1-2H3,(H,37,39). The summed E-state index contributed by atoms with van der Waals surface area (Å²) in [6.07, 6.45) is 6.42. The zero-order valence-electron chi connectivity index (χ0n) is 26.3. The minimum Gasteiger partial charge on any atom is -0.494 e. The van der Waals surface area contributed by atoms with E-state index < -0.39 is 9.84 Å². The Kier molecular flexibility index (Phi) is 11.3. The first-order chi connectivity index (χ1) is 21.8. The fraction of sp³-hybridized carbons (Fsp3) is 0.417. The Morgan fingerprint density at radius 3 is 2.56 bits per heavy atom. The van der Waals surface area contributed by atoms with Crippen LogP contribution in [0, 0.1) is 0 Å². The lowest BCUT2D eigenvalue weighted by molar-refractivity contribution is -0.112. The van der Waals surface area contributed by atoms with Gasteiger partial charge in [-0.1, -0.05) is 37.3 Å². The van der Waals surface area contributed by atoms with Crippen molar-refractivity contribution in [2.45, 2.75) is 62.9 Å². The first-order valence-corrected chi connectivity index (χ1v) is 17.6. The number of aryl methyl sites for hydroxylation is 1. The van der Waals surface area contributed by atoms with Crippen LogP contribution in [-0.2, 0) is 32.3 Å². The number of ether oxygens (including phenoxy) is 3. The topological polar surface area (TPSA) is 94.2 Å². The second-order valence-corrected chi connectivity index (χ2v) is 13.8. The number of carbonyl (C=O) groups is 1. The lowest BCUT2D eigenvalue weighted by Crippen LogP contribution is -2.36. The van der Waals surface area contributed by atoms with Crippen LogP contribution in [0.5, 0.6) is 11.5 Å². The molecule has 9 heteroatoms.